The van der Waals surface area contributed by atoms with Gasteiger partial charge >= 0.3 is 0 Å². The molecule has 2 aromatic rings. The number of halogens is 2. The number of nitrogens with zero attached hydrogens (tertiary/aromatic N) is 2. The maximum absolute atomic E-state index is 12.5. The summed E-state index contributed by atoms with van der Waals surface area (Å²) in [5.74, 6) is -1.55. The first-order chi connectivity index (χ1) is 14.9. The number of carbonyl (C=O) groups excluding carboxylic acids is 3. The second-order valence-corrected chi connectivity index (χ2v) is 8.34. The molecule has 0 bridgehead atoms. The molecule has 1 saturated heterocycles. The van der Waals surface area contributed by atoms with Crippen LogP contribution in [0, 0.1) is 0 Å². The smallest absolute Gasteiger partial charge is 0.262 e. The van der Waals surface area contributed by atoms with Crippen LogP contribution >= 0.6 is 23.2 Å². The molecular formula is C22H21Cl2N3O4. The largest absolute Gasteiger partial charge is 0.374 e. The number of carbonyl (C=O) groups is 3. The number of morpholine rings is 1. The van der Waals surface area contributed by atoms with Crippen molar-refractivity contribution >= 4 is 40.9 Å². The molecule has 1 unspecified atom stereocenters. The summed E-state index contributed by atoms with van der Waals surface area (Å²) >= 11 is 11.9. The predicted molar refractivity (Wildman–Crippen MR) is 116 cm³/mol. The van der Waals surface area contributed by atoms with E-state index in [1.165, 1.54) is 17.7 Å². The SMILES string of the molecule is O=C(CN1C(=O)c2cc(Cl)c(Cl)cc2C1=O)NCC1CN(Cc2ccccc2)CCO1. The van der Waals surface area contributed by atoms with Crippen LogP contribution in [-0.4, -0.2) is 66.4 Å². The van der Waals surface area contributed by atoms with Crippen molar-refractivity contribution in [1.82, 2.24) is 15.1 Å². The molecule has 2 aliphatic rings. The highest BCUT2D eigenvalue weighted by Gasteiger charge is 2.37. The van der Waals surface area contributed by atoms with E-state index in [0.717, 1.165) is 18.0 Å². The Bertz CT molecular complexity index is 974. The van der Waals surface area contributed by atoms with Crippen molar-refractivity contribution in [3.63, 3.8) is 0 Å². The molecule has 0 saturated carbocycles. The van der Waals surface area contributed by atoms with Crippen LogP contribution < -0.4 is 5.32 Å². The highest BCUT2D eigenvalue weighted by molar-refractivity contribution is 6.43. The summed E-state index contributed by atoms with van der Waals surface area (Å²) in [5, 5.41) is 3.13. The summed E-state index contributed by atoms with van der Waals surface area (Å²) in [4.78, 5) is 40.6. The van der Waals surface area contributed by atoms with Gasteiger partial charge in [-0.15, -0.1) is 0 Å². The first-order valence-electron chi connectivity index (χ1n) is 9.92. The van der Waals surface area contributed by atoms with Gasteiger partial charge in [-0.25, -0.2) is 0 Å². The minimum Gasteiger partial charge on any atom is -0.374 e. The van der Waals surface area contributed by atoms with Crippen LogP contribution in [0.5, 0.6) is 0 Å². The average Bonchev–Trinajstić information content (AvgIpc) is 2.98. The molecule has 0 aromatic heterocycles. The van der Waals surface area contributed by atoms with Gasteiger partial charge in [-0.1, -0.05) is 53.5 Å². The van der Waals surface area contributed by atoms with Crippen molar-refractivity contribution in [1.29, 1.82) is 0 Å². The Morgan fingerprint density at radius 3 is 2.35 bits per heavy atom. The third kappa shape index (κ3) is 4.91. The van der Waals surface area contributed by atoms with E-state index in [1.54, 1.807) is 0 Å². The summed E-state index contributed by atoms with van der Waals surface area (Å²) in [6, 6.07) is 12.9. The van der Waals surface area contributed by atoms with Gasteiger partial charge in [-0.2, -0.15) is 0 Å². The zero-order valence-electron chi connectivity index (χ0n) is 16.6. The van der Waals surface area contributed by atoms with Gasteiger partial charge in [-0.3, -0.25) is 24.2 Å². The van der Waals surface area contributed by atoms with E-state index in [9.17, 15) is 14.4 Å². The topological polar surface area (TPSA) is 79.0 Å². The fourth-order valence-electron chi connectivity index (χ4n) is 3.74. The molecule has 2 aromatic carbocycles. The normalized spacial score (nSPS) is 18.9. The fourth-order valence-corrected chi connectivity index (χ4v) is 4.07. The van der Waals surface area contributed by atoms with Crippen molar-refractivity contribution in [2.45, 2.75) is 12.6 Å². The summed E-state index contributed by atoms with van der Waals surface area (Å²) in [6.45, 7) is 2.81. The number of benzene rings is 2. The number of hydrogen-bond donors (Lipinski definition) is 1. The molecule has 2 heterocycles. The maximum atomic E-state index is 12.5. The Labute approximate surface area is 189 Å². The van der Waals surface area contributed by atoms with Crippen molar-refractivity contribution < 1.29 is 19.1 Å². The van der Waals surface area contributed by atoms with Crippen LogP contribution in [0.15, 0.2) is 42.5 Å². The molecule has 162 valence electrons. The second-order valence-electron chi connectivity index (χ2n) is 7.53. The summed E-state index contributed by atoms with van der Waals surface area (Å²) in [6.07, 6.45) is -0.166. The Morgan fingerprint density at radius 1 is 1.06 bits per heavy atom. The van der Waals surface area contributed by atoms with Gasteiger partial charge in [0.25, 0.3) is 11.8 Å². The minimum atomic E-state index is -0.559. The fraction of sp³-hybridized carbons (Fsp3) is 0.318. The highest BCUT2D eigenvalue weighted by atomic mass is 35.5. The Hall–Kier alpha value is -2.45. The van der Waals surface area contributed by atoms with Crippen LogP contribution in [-0.2, 0) is 16.1 Å². The standard InChI is InChI=1S/C22H21Cl2N3O4/c23-18-8-16-17(9-19(18)24)22(30)27(21(16)29)13-20(28)25-10-15-12-26(6-7-31-15)11-14-4-2-1-3-5-14/h1-5,8-9,15H,6-7,10-13H2,(H,25,28). The number of ether oxygens (including phenoxy) is 1. The molecule has 4 rings (SSSR count). The molecule has 3 amide bonds. The van der Waals surface area contributed by atoms with Crippen LogP contribution in [0.3, 0.4) is 0 Å². The molecule has 9 heteroatoms. The Kier molecular flexibility index (Phi) is 6.57. The molecule has 31 heavy (non-hydrogen) atoms. The molecule has 0 aliphatic carbocycles. The van der Waals surface area contributed by atoms with E-state index >= 15 is 0 Å². The zero-order chi connectivity index (χ0) is 22.0. The van der Waals surface area contributed by atoms with Gasteiger partial charge < -0.3 is 10.1 Å². The monoisotopic (exact) mass is 461 g/mol. The molecule has 2 aliphatic heterocycles. The Balaban J connectivity index is 1.29. The van der Waals surface area contributed by atoms with Crippen molar-refractivity contribution in [2.75, 3.05) is 32.8 Å². The molecular weight excluding hydrogens is 441 g/mol. The third-order valence-electron chi connectivity index (χ3n) is 5.31. The number of amides is 3. The lowest BCUT2D eigenvalue weighted by molar-refractivity contribution is -0.122. The van der Waals surface area contributed by atoms with Gasteiger partial charge in [0.05, 0.1) is 33.9 Å². The first-order valence-corrected chi connectivity index (χ1v) is 10.7. The number of imide groups is 1. The minimum absolute atomic E-state index is 0.152. The van der Waals surface area contributed by atoms with Gasteiger partial charge in [0, 0.05) is 26.2 Å². The van der Waals surface area contributed by atoms with E-state index < -0.39 is 17.7 Å². The maximum Gasteiger partial charge on any atom is 0.262 e. The van der Waals surface area contributed by atoms with Crippen molar-refractivity contribution in [3.8, 4) is 0 Å². The lowest BCUT2D eigenvalue weighted by Crippen LogP contribution is -2.48. The average molecular weight is 462 g/mol. The van der Waals surface area contributed by atoms with Gasteiger partial charge in [0.15, 0.2) is 0 Å². The van der Waals surface area contributed by atoms with E-state index in [-0.39, 0.29) is 33.8 Å². The van der Waals surface area contributed by atoms with Gasteiger partial charge in [-0.05, 0) is 17.7 Å². The van der Waals surface area contributed by atoms with Crippen molar-refractivity contribution in [2.24, 2.45) is 0 Å². The molecule has 0 radical (unpaired) electrons. The van der Waals surface area contributed by atoms with Crippen LogP contribution in [0.25, 0.3) is 0 Å². The van der Waals surface area contributed by atoms with E-state index in [0.29, 0.717) is 19.7 Å². The van der Waals surface area contributed by atoms with Gasteiger partial charge in [0.1, 0.15) is 6.54 Å². The van der Waals surface area contributed by atoms with Crippen LogP contribution in [0.1, 0.15) is 26.3 Å². The van der Waals surface area contributed by atoms with E-state index in [1.807, 2.05) is 18.2 Å². The van der Waals surface area contributed by atoms with Gasteiger partial charge in [0.2, 0.25) is 5.91 Å². The molecule has 1 N–H and O–H groups in total. The number of rotatable bonds is 6. The molecule has 0 spiro atoms. The molecule has 1 fully saturated rings. The number of hydrogen-bond acceptors (Lipinski definition) is 5. The Morgan fingerprint density at radius 2 is 1.71 bits per heavy atom. The number of nitrogens with one attached hydrogen (secondary N) is 1. The zero-order valence-corrected chi connectivity index (χ0v) is 18.2. The third-order valence-corrected chi connectivity index (χ3v) is 6.03. The first kappa shape index (κ1) is 21.8. The molecule has 7 nitrogen and oxygen atoms in total. The van der Waals surface area contributed by atoms with E-state index in [4.69, 9.17) is 27.9 Å². The summed E-state index contributed by atoms with van der Waals surface area (Å²) < 4.78 is 5.75. The lowest BCUT2D eigenvalue weighted by Gasteiger charge is -2.33. The number of fused-ring (bicyclic) bond motifs is 1. The highest BCUT2D eigenvalue weighted by Crippen LogP contribution is 2.31. The lowest BCUT2D eigenvalue weighted by atomic mass is 10.1. The predicted octanol–water partition coefficient (Wildman–Crippen LogP) is 2.61. The summed E-state index contributed by atoms with van der Waals surface area (Å²) in [7, 11) is 0. The van der Waals surface area contributed by atoms with E-state index in [2.05, 4.69) is 22.3 Å². The summed E-state index contributed by atoms with van der Waals surface area (Å²) in [5.41, 5.74) is 1.52. The van der Waals surface area contributed by atoms with Crippen LogP contribution in [0.2, 0.25) is 10.0 Å². The van der Waals surface area contributed by atoms with Crippen molar-refractivity contribution in [3.05, 3.63) is 69.2 Å². The molecule has 1 atom stereocenters. The second kappa shape index (κ2) is 9.36. The van der Waals surface area contributed by atoms with Crippen LogP contribution in [0.4, 0.5) is 0 Å². The quantitative estimate of drug-likeness (QED) is 0.668.